The highest BCUT2D eigenvalue weighted by Gasteiger charge is 2.46. The number of ether oxygens (including phenoxy) is 1. The van der Waals surface area contributed by atoms with Gasteiger partial charge in [0.05, 0.1) is 6.54 Å². The van der Waals surface area contributed by atoms with Crippen LogP contribution in [0.5, 0.6) is 5.75 Å². The molecule has 132 valence electrons. The summed E-state index contributed by atoms with van der Waals surface area (Å²) >= 11 is 0. The number of aliphatic carboxylic acids is 1. The van der Waals surface area contributed by atoms with E-state index < -0.39 is 42.2 Å². The van der Waals surface area contributed by atoms with Crippen LogP contribution in [-0.2, 0) is 9.59 Å². The van der Waals surface area contributed by atoms with Gasteiger partial charge in [0.2, 0.25) is 5.91 Å². The first-order valence-electron chi connectivity index (χ1n) is 7.09. The highest BCUT2D eigenvalue weighted by molar-refractivity contribution is 5.84. The maximum absolute atomic E-state index is 12.4. The lowest BCUT2D eigenvalue weighted by Crippen LogP contribution is -2.47. The van der Waals surface area contributed by atoms with Gasteiger partial charge >= 0.3 is 12.3 Å². The topological polar surface area (TPSA) is 95.9 Å². The summed E-state index contributed by atoms with van der Waals surface area (Å²) in [6.45, 7) is 0.539. The fourth-order valence-corrected chi connectivity index (χ4v) is 2.30. The molecule has 0 aromatic heterocycles. The summed E-state index contributed by atoms with van der Waals surface area (Å²) in [5.41, 5.74) is -1.85. The molecule has 1 fully saturated rings. The maximum Gasteiger partial charge on any atom is 0.573 e. The molecule has 1 aliphatic carbocycles. The summed E-state index contributed by atoms with van der Waals surface area (Å²) in [6, 6.07) is 5.56. The van der Waals surface area contributed by atoms with Crippen molar-refractivity contribution in [1.82, 2.24) is 5.32 Å². The van der Waals surface area contributed by atoms with E-state index >= 15 is 0 Å². The second-order valence-electron chi connectivity index (χ2n) is 5.83. The summed E-state index contributed by atoms with van der Waals surface area (Å²) in [7, 11) is 0. The van der Waals surface area contributed by atoms with E-state index in [-0.39, 0.29) is 11.3 Å². The van der Waals surface area contributed by atoms with E-state index in [9.17, 15) is 27.9 Å². The van der Waals surface area contributed by atoms with Crippen molar-refractivity contribution in [3.63, 3.8) is 0 Å². The number of benzene rings is 1. The van der Waals surface area contributed by atoms with Crippen molar-refractivity contribution >= 4 is 11.9 Å². The Morgan fingerprint density at radius 2 is 1.96 bits per heavy atom. The molecule has 3 N–H and O–H groups in total. The zero-order chi connectivity index (χ0) is 18.1. The number of carbonyl (C=O) groups is 2. The molecule has 6 nitrogen and oxygen atoms in total. The fourth-order valence-electron chi connectivity index (χ4n) is 2.30. The Kier molecular flexibility index (Phi) is 4.75. The van der Waals surface area contributed by atoms with E-state index in [0.29, 0.717) is 6.42 Å². The summed E-state index contributed by atoms with van der Waals surface area (Å²) in [4.78, 5) is 22.7. The van der Waals surface area contributed by atoms with Crippen LogP contribution >= 0.6 is 0 Å². The van der Waals surface area contributed by atoms with Crippen LogP contribution in [0.3, 0.4) is 0 Å². The van der Waals surface area contributed by atoms with Crippen LogP contribution in [-0.4, -0.2) is 40.6 Å². The monoisotopic (exact) mass is 347 g/mol. The van der Waals surface area contributed by atoms with Crippen LogP contribution in [0.2, 0.25) is 0 Å². The van der Waals surface area contributed by atoms with Crippen molar-refractivity contribution < 1.29 is 37.7 Å². The summed E-state index contributed by atoms with van der Waals surface area (Å²) in [5.74, 6) is -3.41. The molecule has 1 saturated carbocycles. The van der Waals surface area contributed by atoms with Crippen molar-refractivity contribution in [1.29, 1.82) is 0 Å². The van der Waals surface area contributed by atoms with Gasteiger partial charge in [-0.2, -0.15) is 0 Å². The number of alkyl halides is 3. The Hall–Kier alpha value is -2.29. The predicted molar refractivity (Wildman–Crippen MR) is 75.2 cm³/mol. The molecule has 1 aromatic rings. The molecule has 1 aliphatic rings. The molecule has 2 rings (SSSR count). The molecule has 0 spiro atoms. The molecule has 3 atom stereocenters. The molecule has 0 heterocycles. The van der Waals surface area contributed by atoms with Gasteiger partial charge in [-0.05, 0) is 30.9 Å². The van der Waals surface area contributed by atoms with E-state index in [1.165, 1.54) is 18.2 Å². The molecule has 24 heavy (non-hydrogen) atoms. The Labute approximate surface area is 135 Å². The maximum atomic E-state index is 12.4. The number of nitrogens with one attached hydrogen (secondary N) is 1. The van der Waals surface area contributed by atoms with Gasteiger partial charge in [0, 0.05) is 5.92 Å². The first-order valence-corrected chi connectivity index (χ1v) is 7.09. The van der Waals surface area contributed by atoms with Crippen LogP contribution < -0.4 is 10.1 Å². The number of para-hydroxylation sites is 1. The highest BCUT2D eigenvalue weighted by Crippen LogP contribution is 2.51. The van der Waals surface area contributed by atoms with Gasteiger partial charge in [-0.15, -0.1) is 13.2 Å². The Morgan fingerprint density at radius 1 is 1.33 bits per heavy atom. The van der Waals surface area contributed by atoms with E-state index in [0.717, 1.165) is 6.92 Å². The molecular weight excluding hydrogens is 331 g/mol. The lowest BCUT2D eigenvalue weighted by Gasteiger charge is -2.18. The first kappa shape index (κ1) is 18.1. The minimum Gasteiger partial charge on any atom is -0.479 e. The Morgan fingerprint density at radius 3 is 2.54 bits per heavy atom. The third-order valence-corrected chi connectivity index (χ3v) is 3.74. The second kappa shape index (κ2) is 6.31. The van der Waals surface area contributed by atoms with Crippen molar-refractivity contribution in [3.8, 4) is 5.75 Å². The van der Waals surface area contributed by atoms with E-state index in [4.69, 9.17) is 5.11 Å². The lowest BCUT2D eigenvalue weighted by atomic mass is 10.1. The molecule has 0 bridgehead atoms. The van der Waals surface area contributed by atoms with Gasteiger partial charge in [0.25, 0.3) is 0 Å². The third kappa shape index (κ3) is 4.38. The Balaban J connectivity index is 2.00. The number of hydrogen-bond donors (Lipinski definition) is 3. The number of carbonyl (C=O) groups excluding carboxylic acids is 1. The van der Waals surface area contributed by atoms with Crippen molar-refractivity contribution in [2.24, 2.45) is 5.92 Å². The van der Waals surface area contributed by atoms with Crippen LogP contribution in [0, 0.1) is 5.92 Å². The van der Waals surface area contributed by atoms with Crippen molar-refractivity contribution in [2.45, 2.75) is 31.2 Å². The quantitative estimate of drug-likeness (QED) is 0.727. The molecular formula is C15H16F3NO5. The van der Waals surface area contributed by atoms with Crippen molar-refractivity contribution in [3.05, 3.63) is 29.8 Å². The molecule has 3 unspecified atom stereocenters. The van der Waals surface area contributed by atoms with Crippen LogP contribution in [0.25, 0.3) is 0 Å². The van der Waals surface area contributed by atoms with E-state index in [1.807, 2.05) is 0 Å². The standard InChI is InChI=1S/C15H16F3NO5/c1-14(23,13(21)22)7-19-12(20)10-6-9(10)8-4-2-3-5-11(8)24-15(16,17)18/h2-5,9-10,23H,6-7H2,1H3,(H,19,20)(H,21,22). The first-order chi connectivity index (χ1) is 11.0. The lowest BCUT2D eigenvalue weighted by molar-refractivity contribution is -0.274. The number of carboxylic acid groups (broad SMARTS) is 1. The summed E-state index contributed by atoms with van der Waals surface area (Å²) in [6.07, 6.45) is -4.51. The summed E-state index contributed by atoms with van der Waals surface area (Å²) < 4.78 is 41.2. The minimum absolute atomic E-state index is 0.264. The highest BCUT2D eigenvalue weighted by atomic mass is 19.4. The molecule has 0 saturated heterocycles. The summed E-state index contributed by atoms with van der Waals surface area (Å²) in [5, 5.41) is 20.6. The predicted octanol–water partition coefficient (Wildman–Crippen LogP) is 1.64. The SMILES string of the molecule is CC(O)(CNC(=O)C1CC1c1ccccc1OC(F)(F)F)C(=O)O. The average Bonchev–Trinajstić information content (AvgIpc) is 3.24. The zero-order valence-corrected chi connectivity index (χ0v) is 12.6. The molecule has 0 aliphatic heterocycles. The largest absolute Gasteiger partial charge is 0.573 e. The molecule has 1 aromatic carbocycles. The van der Waals surface area contributed by atoms with Gasteiger partial charge in [0.15, 0.2) is 5.60 Å². The molecule has 1 amide bonds. The number of rotatable bonds is 6. The van der Waals surface area contributed by atoms with Gasteiger partial charge < -0.3 is 20.3 Å². The number of aliphatic hydroxyl groups is 1. The smallest absolute Gasteiger partial charge is 0.479 e. The van der Waals surface area contributed by atoms with Gasteiger partial charge in [-0.3, -0.25) is 4.79 Å². The number of carboxylic acids is 1. The van der Waals surface area contributed by atoms with Gasteiger partial charge in [-0.1, -0.05) is 18.2 Å². The van der Waals surface area contributed by atoms with E-state index in [2.05, 4.69) is 10.1 Å². The van der Waals surface area contributed by atoms with Crippen LogP contribution in [0.15, 0.2) is 24.3 Å². The number of hydrogen-bond acceptors (Lipinski definition) is 4. The van der Waals surface area contributed by atoms with E-state index in [1.54, 1.807) is 6.07 Å². The molecule has 0 radical (unpaired) electrons. The normalized spacial score (nSPS) is 22.4. The minimum atomic E-state index is -4.83. The number of halogens is 3. The zero-order valence-electron chi connectivity index (χ0n) is 12.6. The van der Waals surface area contributed by atoms with Crippen molar-refractivity contribution in [2.75, 3.05) is 6.54 Å². The van der Waals surface area contributed by atoms with Crippen LogP contribution in [0.1, 0.15) is 24.8 Å². The molecule has 9 heteroatoms. The third-order valence-electron chi connectivity index (χ3n) is 3.74. The Bertz CT molecular complexity index is 644. The second-order valence-corrected chi connectivity index (χ2v) is 5.83. The van der Waals surface area contributed by atoms with Gasteiger partial charge in [-0.25, -0.2) is 4.79 Å². The fraction of sp³-hybridized carbons (Fsp3) is 0.467. The average molecular weight is 347 g/mol. The number of amides is 1. The van der Waals surface area contributed by atoms with Crippen LogP contribution in [0.4, 0.5) is 13.2 Å². The van der Waals surface area contributed by atoms with Gasteiger partial charge in [0.1, 0.15) is 5.75 Å².